The summed E-state index contributed by atoms with van der Waals surface area (Å²) in [6, 6.07) is 11.5. The van der Waals surface area contributed by atoms with Crippen molar-refractivity contribution in [2.45, 2.75) is 18.4 Å². The predicted octanol–water partition coefficient (Wildman–Crippen LogP) is 1.83. The minimum atomic E-state index is -0.510. The second-order valence-electron chi connectivity index (χ2n) is 4.79. The molecule has 2 amide bonds. The molecule has 1 saturated heterocycles. The standard InChI is InChI=1S/C14H16N4O/c15-13(19)18-10-4-8-14(18,12-7-9-16-17-12)11-5-2-1-3-6-11/h1-3,5-7,9H,4,8,10H2,(H2,15,19)(H,16,17). The van der Waals surface area contributed by atoms with Gasteiger partial charge in [0.15, 0.2) is 0 Å². The molecule has 0 saturated carbocycles. The van der Waals surface area contributed by atoms with Crippen LogP contribution in [0.4, 0.5) is 4.79 Å². The molecule has 0 spiro atoms. The lowest BCUT2D eigenvalue weighted by molar-refractivity contribution is 0.173. The maximum Gasteiger partial charge on any atom is 0.315 e. The van der Waals surface area contributed by atoms with Crippen LogP contribution < -0.4 is 5.73 Å². The van der Waals surface area contributed by atoms with E-state index in [1.54, 1.807) is 11.1 Å². The van der Waals surface area contributed by atoms with E-state index in [2.05, 4.69) is 10.2 Å². The number of carbonyl (C=O) groups is 1. The predicted molar refractivity (Wildman–Crippen MR) is 71.3 cm³/mol. The van der Waals surface area contributed by atoms with E-state index >= 15 is 0 Å². The SMILES string of the molecule is NC(=O)N1CCCC1(c1ccccc1)c1ccn[nH]1. The maximum absolute atomic E-state index is 11.8. The van der Waals surface area contributed by atoms with Crippen LogP contribution >= 0.6 is 0 Å². The Balaban J connectivity index is 2.19. The smallest absolute Gasteiger partial charge is 0.315 e. The van der Waals surface area contributed by atoms with Gasteiger partial charge in [-0.1, -0.05) is 30.3 Å². The fraction of sp³-hybridized carbons (Fsp3) is 0.286. The molecule has 0 bridgehead atoms. The molecule has 0 aliphatic carbocycles. The van der Waals surface area contributed by atoms with E-state index in [1.165, 1.54) is 0 Å². The number of nitrogens with two attached hydrogens (primary N) is 1. The maximum atomic E-state index is 11.8. The van der Waals surface area contributed by atoms with Gasteiger partial charge in [0.05, 0.1) is 5.69 Å². The van der Waals surface area contributed by atoms with Crippen molar-refractivity contribution >= 4 is 6.03 Å². The summed E-state index contributed by atoms with van der Waals surface area (Å²) in [4.78, 5) is 13.5. The van der Waals surface area contributed by atoms with Gasteiger partial charge in [0.2, 0.25) is 0 Å². The number of aromatic amines is 1. The minimum absolute atomic E-state index is 0.393. The fourth-order valence-electron chi connectivity index (χ4n) is 3.05. The summed E-state index contributed by atoms with van der Waals surface area (Å²) in [5.74, 6) is 0. The van der Waals surface area contributed by atoms with Gasteiger partial charge in [-0.2, -0.15) is 5.10 Å². The molecule has 0 radical (unpaired) electrons. The Bertz CT molecular complexity index is 566. The molecule has 98 valence electrons. The Kier molecular flexibility index (Phi) is 2.74. The lowest BCUT2D eigenvalue weighted by Gasteiger charge is -2.37. The van der Waals surface area contributed by atoms with Gasteiger partial charge in [-0.25, -0.2) is 4.79 Å². The highest BCUT2D eigenvalue weighted by molar-refractivity contribution is 5.74. The zero-order chi connectivity index (χ0) is 13.3. The number of amides is 2. The van der Waals surface area contributed by atoms with Crippen molar-refractivity contribution in [3.8, 4) is 0 Å². The van der Waals surface area contributed by atoms with Gasteiger partial charge < -0.3 is 10.6 Å². The number of nitrogens with one attached hydrogen (secondary N) is 1. The Morgan fingerprint density at radius 1 is 1.32 bits per heavy atom. The van der Waals surface area contributed by atoms with Crippen LogP contribution in [-0.4, -0.2) is 27.7 Å². The largest absolute Gasteiger partial charge is 0.351 e. The highest BCUT2D eigenvalue weighted by Gasteiger charge is 2.46. The van der Waals surface area contributed by atoms with E-state index in [9.17, 15) is 4.79 Å². The van der Waals surface area contributed by atoms with Crippen molar-refractivity contribution in [2.24, 2.45) is 5.73 Å². The van der Waals surface area contributed by atoms with E-state index in [0.29, 0.717) is 6.54 Å². The van der Waals surface area contributed by atoms with Crippen molar-refractivity contribution in [1.82, 2.24) is 15.1 Å². The molecule has 2 aromatic rings. The molecule has 3 rings (SSSR count). The quantitative estimate of drug-likeness (QED) is 0.860. The Morgan fingerprint density at radius 3 is 2.74 bits per heavy atom. The molecule has 2 heterocycles. The van der Waals surface area contributed by atoms with Crippen molar-refractivity contribution in [3.63, 3.8) is 0 Å². The molecule has 1 aromatic carbocycles. The van der Waals surface area contributed by atoms with Gasteiger partial charge in [0.25, 0.3) is 0 Å². The van der Waals surface area contributed by atoms with E-state index in [0.717, 1.165) is 24.1 Å². The first kappa shape index (κ1) is 11.8. The molecule has 5 heteroatoms. The summed E-state index contributed by atoms with van der Waals surface area (Å²) in [6.07, 6.45) is 3.48. The second-order valence-corrected chi connectivity index (χ2v) is 4.79. The Labute approximate surface area is 111 Å². The first-order valence-corrected chi connectivity index (χ1v) is 6.37. The van der Waals surface area contributed by atoms with Crippen LogP contribution in [0.5, 0.6) is 0 Å². The van der Waals surface area contributed by atoms with E-state index in [1.807, 2.05) is 36.4 Å². The molecule has 3 N–H and O–H groups in total. The average Bonchev–Trinajstić information content (AvgIpc) is 3.09. The summed E-state index contributed by atoms with van der Waals surface area (Å²) in [6.45, 7) is 0.670. The molecule has 1 fully saturated rings. The number of likely N-dealkylation sites (tertiary alicyclic amines) is 1. The summed E-state index contributed by atoms with van der Waals surface area (Å²) < 4.78 is 0. The van der Waals surface area contributed by atoms with E-state index in [4.69, 9.17) is 5.73 Å². The number of hydrogen-bond donors (Lipinski definition) is 2. The summed E-state index contributed by atoms with van der Waals surface area (Å²) in [5.41, 5.74) is 7.04. The minimum Gasteiger partial charge on any atom is -0.351 e. The first-order chi connectivity index (χ1) is 9.25. The van der Waals surface area contributed by atoms with Crippen LogP contribution in [0.25, 0.3) is 0 Å². The second kappa shape index (κ2) is 4.42. The third-order valence-corrected chi connectivity index (χ3v) is 3.84. The number of carbonyl (C=O) groups excluding carboxylic acids is 1. The monoisotopic (exact) mass is 256 g/mol. The van der Waals surface area contributed by atoms with Crippen molar-refractivity contribution in [1.29, 1.82) is 0 Å². The number of H-pyrrole nitrogens is 1. The number of urea groups is 1. The Morgan fingerprint density at radius 2 is 2.11 bits per heavy atom. The zero-order valence-corrected chi connectivity index (χ0v) is 10.5. The highest BCUT2D eigenvalue weighted by Crippen LogP contribution is 2.43. The number of primary amides is 1. The molecule has 1 unspecified atom stereocenters. The molecular formula is C14H16N4O. The van der Waals surface area contributed by atoms with Crippen LogP contribution in [0.15, 0.2) is 42.6 Å². The third kappa shape index (κ3) is 1.69. The van der Waals surface area contributed by atoms with Crippen molar-refractivity contribution in [3.05, 3.63) is 53.9 Å². The highest BCUT2D eigenvalue weighted by atomic mass is 16.2. The summed E-state index contributed by atoms with van der Waals surface area (Å²) >= 11 is 0. The summed E-state index contributed by atoms with van der Waals surface area (Å²) in [5, 5.41) is 7.03. The van der Waals surface area contributed by atoms with Gasteiger partial charge in [-0.15, -0.1) is 0 Å². The lowest BCUT2D eigenvalue weighted by Crippen LogP contribution is -2.48. The number of hydrogen-bond acceptors (Lipinski definition) is 2. The number of benzene rings is 1. The van der Waals surface area contributed by atoms with E-state index < -0.39 is 11.6 Å². The molecule has 5 nitrogen and oxygen atoms in total. The van der Waals surface area contributed by atoms with Crippen LogP contribution in [0.1, 0.15) is 24.1 Å². The fourth-order valence-corrected chi connectivity index (χ4v) is 3.05. The van der Waals surface area contributed by atoms with Gasteiger partial charge in [-0.05, 0) is 24.5 Å². The molecular weight excluding hydrogens is 240 g/mol. The van der Waals surface area contributed by atoms with Gasteiger partial charge in [-0.3, -0.25) is 5.10 Å². The number of aromatic nitrogens is 2. The molecule has 1 aromatic heterocycles. The number of nitrogens with zero attached hydrogens (tertiary/aromatic N) is 2. The molecule has 1 aliphatic rings. The van der Waals surface area contributed by atoms with Crippen LogP contribution in [0.3, 0.4) is 0 Å². The summed E-state index contributed by atoms with van der Waals surface area (Å²) in [7, 11) is 0. The lowest BCUT2D eigenvalue weighted by atomic mass is 9.84. The van der Waals surface area contributed by atoms with Gasteiger partial charge in [0.1, 0.15) is 5.54 Å². The van der Waals surface area contributed by atoms with Gasteiger partial charge >= 0.3 is 6.03 Å². The Hall–Kier alpha value is -2.30. The first-order valence-electron chi connectivity index (χ1n) is 6.37. The van der Waals surface area contributed by atoms with Crippen molar-refractivity contribution in [2.75, 3.05) is 6.54 Å². The van der Waals surface area contributed by atoms with Gasteiger partial charge in [0, 0.05) is 12.7 Å². The average molecular weight is 256 g/mol. The van der Waals surface area contributed by atoms with Crippen LogP contribution in [-0.2, 0) is 5.54 Å². The third-order valence-electron chi connectivity index (χ3n) is 3.84. The molecule has 1 atom stereocenters. The van der Waals surface area contributed by atoms with Crippen LogP contribution in [0, 0.1) is 0 Å². The van der Waals surface area contributed by atoms with Crippen LogP contribution in [0.2, 0.25) is 0 Å². The topological polar surface area (TPSA) is 75.0 Å². The van der Waals surface area contributed by atoms with Crippen molar-refractivity contribution < 1.29 is 4.79 Å². The van der Waals surface area contributed by atoms with E-state index in [-0.39, 0.29) is 0 Å². The normalized spacial score (nSPS) is 22.6. The number of rotatable bonds is 2. The zero-order valence-electron chi connectivity index (χ0n) is 10.5. The molecule has 1 aliphatic heterocycles. The molecule has 19 heavy (non-hydrogen) atoms.